The first-order chi connectivity index (χ1) is 12.2. The van der Waals surface area contributed by atoms with E-state index < -0.39 is 5.54 Å². The molecule has 8 heteroatoms. The van der Waals surface area contributed by atoms with Crippen molar-refractivity contribution >= 4 is 45.8 Å². The summed E-state index contributed by atoms with van der Waals surface area (Å²) in [5, 5.41) is 22.4. The van der Waals surface area contributed by atoms with Crippen LogP contribution in [0.4, 0.5) is 11.4 Å². The molecule has 0 aliphatic heterocycles. The molecular weight excluding hydrogens is 370 g/mol. The lowest BCUT2D eigenvalue weighted by Crippen LogP contribution is -2.44. The highest BCUT2D eigenvalue weighted by Gasteiger charge is 2.27. The smallest absolute Gasteiger partial charge is 0.249 e. The second kappa shape index (κ2) is 8.13. The molecule has 0 saturated heterocycles. The summed E-state index contributed by atoms with van der Waals surface area (Å²) in [5.41, 5.74) is 6.09. The summed E-state index contributed by atoms with van der Waals surface area (Å²) in [6.45, 7) is 3.51. The molecule has 134 valence electrons. The Morgan fingerprint density at radius 2 is 1.85 bits per heavy atom. The summed E-state index contributed by atoms with van der Waals surface area (Å²) < 4.78 is 0. The number of amidine groups is 1. The van der Waals surface area contributed by atoms with Gasteiger partial charge in [-0.2, -0.15) is 5.26 Å². The maximum absolute atomic E-state index is 12.6. The van der Waals surface area contributed by atoms with Crippen LogP contribution in [0.1, 0.15) is 19.4 Å². The number of rotatable bonds is 5. The number of benzene rings is 2. The number of nitrogens with two attached hydrogens (primary N) is 1. The van der Waals surface area contributed by atoms with Gasteiger partial charge in [-0.3, -0.25) is 10.2 Å². The fourth-order valence-corrected chi connectivity index (χ4v) is 2.87. The number of carbonyl (C=O) groups excluding carboxylic acids is 1. The SMILES string of the molecule is CC(C)(Nc1ccc(SC(=N)N)cc1)C(=O)Nc1ccc(C#N)c(Cl)c1. The predicted octanol–water partition coefficient (Wildman–Crippen LogP) is 4.03. The predicted molar refractivity (Wildman–Crippen MR) is 107 cm³/mol. The quantitative estimate of drug-likeness (QED) is 0.351. The topological polar surface area (TPSA) is 115 Å². The molecule has 5 N–H and O–H groups in total. The molecule has 0 radical (unpaired) electrons. The van der Waals surface area contributed by atoms with Crippen LogP contribution in [0.25, 0.3) is 0 Å². The summed E-state index contributed by atoms with van der Waals surface area (Å²) in [6, 6.07) is 14.0. The molecule has 0 spiro atoms. The molecule has 0 heterocycles. The van der Waals surface area contributed by atoms with Gasteiger partial charge in [0.2, 0.25) is 5.91 Å². The van der Waals surface area contributed by atoms with Crippen LogP contribution < -0.4 is 16.4 Å². The van der Waals surface area contributed by atoms with Crippen molar-refractivity contribution in [2.45, 2.75) is 24.3 Å². The van der Waals surface area contributed by atoms with Gasteiger partial charge in [0.1, 0.15) is 11.6 Å². The Morgan fingerprint density at radius 3 is 2.38 bits per heavy atom. The third kappa shape index (κ3) is 5.15. The molecule has 26 heavy (non-hydrogen) atoms. The summed E-state index contributed by atoms with van der Waals surface area (Å²) in [7, 11) is 0. The van der Waals surface area contributed by atoms with Gasteiger partial charge in [-0.05, 0) is 56.3 Å². The van der Waals surface area contributed by atoms with E-state index >= 15 is 0 Å². The number of nitriles is 1. The minimum absolute atomic E-state index is 0.0199. The highest BCUT2D eigenvalue weighted by molar-refractivity contribution is 8.13. The van der Waals surface area contributed by atoms with E-state index in [1.54, 1.807) is 32.0 Å². The van der Waals surface area contributed by atoms with Crippen LogP contribution in [0, 0.1) is 16.7 Å². The molecule has 0 aromatic heterocycles. The van der Waals surface area contributed by atoms with Gasteiger partial charge in [-0.1, -0.05) is 23.4 Å². The number of hydrogen-bond donors (Lipinski definition) is 4. The van der Waals surface area contributed by atoms with E-state index in [1.165, 1.54) is 0 Å². The zero-order valence-corrected chi connectivity index (χ0v) is 15.8. The van der Waals surface area contributed by atoms with E-state index in [4.69, 9.17) is 28.0 Å². The first kappa shape index (κ1) is 19.6. The van der Waals surface area contributed by atoms with Gasteiger partial charge in [0.25, 0.3) is 0 Å². The number of hydrogen-bond acceptors (Lipinski definition) is 5. The number of halogens is 1. The van der Waals surface area contributed by atoms with Crippen LogP contribution in [0.2, 0.25) is 5.02 Å². The Kier molecular flexibility index (Phi) is 6.14. The number of nitrogens with zero attached hydrogens (tertiary/aromatic N) is 1. The Bertz CT molecular complexity index is 874. The van der Waals surface area contributed by atoms with Gasteiger partial charge in [-0.25, -0.2) is 0 Å². The normalized spacial score (nSPS) is 10.7. The van der Waals surface area contributed by atoms with Crippen LogP contribution >= 0.6 is 23.4 Å². The maximum atomic E-state index is 12.6. The molecule has 2 rings (SSSR count). The molecule has 0 fully saturated rings. The van der Waals surface area contributed by atoms with Crippen molar-refractivity contribution in [2.24, 2.45) is 5.73 Å². The minimum Gasteiger partial charge on any atom is -0.378 e. The van der Waals surface area contributed by atoms with Crippen molar-refractivity contribution in [3.05, 3.63) is 53.1 Å². The van der Waals surface area contributed by atoms with Crippen LogP contribution in [-0.2, 0) is 4.79 Å². The van der Waals surface area contributed by atoms with E-state index in [9.17, 15) is 4.79 Å². The molecular formula is C18H18ClN5OS. The summed E-state index contributed by atoms with van der Waals surface area (Å²) in [5.74, 6) is -0.250. The lowest BCUT2D eigenvalue weighted by atomic mass is 10.0. The highest BCUT2D eigenvalue weighted by Crippen LogP contribution is 2.24. The largest absolute Gasteiger partial charge is 0.378 e. The average Bonchev–Trinajstić information content (AvgIpc) is 2.56. The van der Waals surface area contributed by atoms with Crippen molar-refractivity contribution in [3.63, 3.8) is 0 Å². The third-order valence-corrected chi connectivity index (χ3v) is 4.49. The van der Waals surface area contributed by atoms with Gasteiger partial charge in [0, 0.05) is 16.3 Å². The second-order valence-corrected chi connectivity index (χ2v) is 7.52. The number of anilines is 2. The molecule has 0 bridgehead atoms. The minimum atomic E-state index is -0.893. The first-order valence-electron chi connectivity index (χ1n) is 7.62. The van der Waals surface area contributed by atoms with E-state index in [2.05, 4.69) is 10.6 Å². The Hall–Kier alpha value is -2.69. The van der Waals surface area contributed by atoms with Crippen LogP contribution in [0.5, 0.6) is 0 Å². The van der Waals surface area contributed by atoms with Crippen molar-refractivity contribution < 1.29 is 4.79 Å². The Balaban J connectivity index is 2.06. The number of nitrogens with one attached hydrogen (secondary N) is 3. The van der Waals surface area contributed by atoms with E-state index in [1.807, 2.05) is 30.3 Å². The zero-order chi connectivity index (χ0) is 19.3. The van der Waals surface area contributed by atoms with Crippen LogP contribution in [0.15, 0.2) is 47.4 Å². The van der Waals surface area contributed by atoms with E-state index in [0.29, 0.717) is 11.3 Å². The molecule has 0 unspecified atom stereocenters. The molecule has 0 aliphatic carbocycles. The first-order valence-corrected chi connectivity index (χ1v) is 8.82. The number of amides is 1. The molecule has 0 atom stereocenters. The summed E-state index contributed by atoms with van der Waals surface area (Å²) >= 11 is 7.15. The van der Waals surface area contributed by atoms with Crippen molar-refractivity contribution in [3.8, 4) is 6.07 Å². The number of thioether (sulfide) groups is 1. The van der Waals surface area contributed by atoms with Crippen molar-refractivity contribution in [2.75, 3.05) is 10.6 Å². The van der Waals surface area contributed by atoms with Gasteiger partial charge >= 0.3 is 0 Å². The average molecular weight is 388 g/mol. The lowest BCUT2D eigenvalue weighted by Gasteiger charge is -2.26. The van der Waals surface area contributed by atoms with Gasteiger partial charge in [-0.15, -0.1) is 0 Å². The molecule has 0 aliphatic rings. The van der Waals surface area contributed by atoms with Crippen LogP contribution in [0.3, 0.4) is 0 Å². The van der Waals surface area contributed by atoms with E-state index in [0.717, 1.165) is 22.3 Å². The molecule has 2 aromatic carbocycles. The van der Waals surface area contributed by atoms with E-state index in [-0.39, 0.29) is 16.1 Å². The zero-order valence-electron chi connectivity index (χ0n) is 14.3. The second-order valence-electron chi connectivity index (χ2n) is 6.00. The van der Waals surface area contributed by atoms with Gasteiger partial charge < -0.3 is 16.4 Å². The van der Waals surface area contributed by atoms with Crippen molar-refractivity contribution in [1.82, 2.24) is 0 Å². The highest BCUT2D eigenvalue weighted by atomic mass is 35.5. The van der Waals surface area contributed by atoms with Crippen LogP contribution in [-0.4, -0.2) is 16.6 Å². The fraction of sp³-hybridized carbons (Fsp3) is 0.167. The Labute approximate surface area is 161 Å². The monoisotopic (exact) mass is 387 g/mol. The summed E-state index contributed by atoms with van der Waals surface area (Å²) in [4.78, 5) is 13.4. The molecule has 0 saturated carbocycles. The third-order valence-electron chi connectivity index (χ3n) is 3.45. The summed E-state index contributed by atoms with van der Waals surface area (Å²) in [6.07, 6.45) is 0. The molecule has 1 amide bonds. The van der Waals surface area contributed by atoms with Gasteiger partial charge in [0.05, 0.1) is 10.6 Å². The lowest BCUT2D eigenvalue weighted by molar-refractivity contribution is -0.119. The molecule has 6 nitrogen and oxygen atoms in total. The van der Waals surface area contributed by atoms with Crippen molar-refractivity contribution in [1.29, 1.82) is 10.7 Å². The Morgan fingerprint density at radius 1 is 1.23 bits per heavy atom. The standard InChI is InChI=1S/C18H18ClN5OS/c1-18(2,24-12-5-7-14(8-6-12)26-17(21)22)16(25)23-13-4-3-11(10-20)15(19)9-13/h3-9,24H,1-2H3,(H3,21,22)(H,23,25). The maximum Gasteiger partial charge on any atom is 0.249 e. The fourth-order valence-electron chi connectivity index (χ4n) is 2.12. The van der Waals surface area contributed by atoms with Gasteiger partial charge in [0.15, 0.2) is 5.17 Å². The number of carbonyl (C=O) groups is 1. The molecule has 2 aromatic rings.